The van der Waals surface area contributed by atoms with Crippen molar-refractivity contribution < 1.29 is 14.3 Å². The number of carbonyl (C=O) groups is 2. The molecule has 1 aliphatic rings. The molecule has 140 valence electrons. The first kappa shape index (κ1) is 19.7. The molecule has 0 bridgehead atoms. The van der Waals surface area contributed by atoms with E-state index in [2.05, 4.69) is 16.0 Å². The molecule has 1 heterocycles. The van der Waals surface area contributed by atoms with E-state index < -0.39 is 6.04 Å². The number of carbonyl (C=O) groups excluding carboxylic acids is 2. The lowest BCUT2D eigenvalue weighted by Gasteiger charge is -2.35. The van der Waals surface area contributed by atoms with Gasteiger partial charge < -0.3 is 25.6 Å². The highest BCUT2D eigenvalue weighted by Gasteiger charge is 2.33. The van der Waals surface area contributed by atoms with Gasteiger partial charge in [0.1, 0.15) is 0 Å². The summed E-state index contributed by atoms with van der Waals surface area (Å²) in [6.07, 6.45) is 0. The van der Waals surface area contributed by atoms with Crippen LogP contribution in [0, 0.1) is 0 Å². The Labute approximate surface area is 158 Å². The van der Waals surface area contributed by atoms with Gasteiger partial charge in [-0.3, -0.25) is 0 Å². The summed E-state index contributed by atoms with van der Waals surface area (Å²) in [5, 5.41) is 9.13. The monoisotopic (exact) mass is 376 g/mol. The molecule has 0 spiro atoms. The summed E-state index contributed by atoms with van der Waals surface area (Å²) in [5.41, 5.74) is 2.78. The summed E-state index contributed by atoms with van der Waals surface area (Å²) in [5.74, 6) is -0.374. The molecule has 3 N–H and O–H groups in total. The highest BCUT2D eigenvalue weighted by molar-refractivity contribution is 7.80. The molecular weight excluding hydrogens is 352 g/mol. The zero-order chi connectivity index (χ0) is 19.3. The number of hydrogen-bond donors (Lipinski definition) is 3. The predicted octanol–water partition coefficient (Wildman–Crippen LogP) is 2.53. The molecule has 0 saturated heterocycles. The van der Waals surface area contributed by atoms with Crippen molar-refractivity contribution in [1.82, 2.24) is 15.5 Å². The summed E-state index contributed by atoms with van der Waals surface area (Å²) >= 11 is 5.36. The number of allylic oxidation sites excluding steroid dienone is 1. The van der Waals surface area contributed by atoms with E-state index in [9.17, 15) is 9.59 Å². The molecule has 7 nitrogen and oxygen atoms in total. The summed E-state index contributed by atoms with van der Waals surface area (Å²) in [4.78, 5) is 25.8. The van der Waals surface area contributed by atoms with E-state index in [0.29, 0.717) is 29.5 Å². The number of thiocarbonyl (C=S) groups is 1. The predicted molar refractivity (Wildman–Crippen MR) is 105 cm³/mol. The van der Waals surface area contributed by atoms with E-state index in [1.54, 1.807) is 31.0 Å². The van der Waals surface area contributed by atoms with Crippen LogP contribution in [0.3, 0.4) is 0 Å². The van der Waals surface area contributed by atoms with Gasteiger partial charge in [0.15, 0.2) is 5.11 Å². The first-order chi connectivity index (χ1) is 12.4. The number of anilines is 1. The number of nitrogens with one attached hydrogen (secondary N) is 3. The van der Waals surface area contributed by atoms with E-state index in [0.717, 1.165) is 11.3 Å². The molecule has 2 rings (SSSR count). The van der Waals surface area contributed by atoms with E-state index in [-0.39, 0.29) is 12.0 Å². The van der Waals surface area contributed by atoms with Gasteiger partial charge in [-0.2, -0.15) is 0 Å². The van der Waals surface area contributed by atoms with Crippen LogP contribution in [0.5, 0.6) is 0 Å². The Morgan fingerprint density at radius 2 is 1.92 bits per heavy atom. The smallest absolute Gasteiger partial charge is 0.338 e. The number of rotatable bonds is 5. The highest BCUT2D eigenvalue weighted by Crippen LogP contribution is 2.31. The van der Waals surface area contributed by atoms with E-state index in [1.165, 1.54) is 0 Å². The molecule has 0 aromatic heterocycles. The topological polar surface area (TPSA) is 82.7 Å². The van der Waals surface area contributed by atoms with Crippen LogP contribution in [0.15, 0.2) is 35.5 Å². The van der Waals surface area contributed by atoms with Crippen molar-refractivity contribution in [3.8, 4) is 0 Å². The van der Waals surface area contributed by atoms with Crippen molar-refractivity contribution in [2.24, 2.45) is 0 Å². The Morgan fingerprint density at radius 3 is 2.50 bits per heavy atom. The average Bonchev–Trinajstić information content (AvgIpc) is 2.60. The third-order valence-electron chi connectivity index (χ3n) is 4.09. The molecule has 0 aliphatic carbocycles. The molecule has 1 aromatic carbocycles. The minimum Gasteiger partial charge on any atom is -0.463 e. The number of esters is 1. The summed E-state index contributed by atoms with van der Waals surface area (Å²) in [7, 11) is 1.81. The fourth-order valence-corrected chi connectivity index (χ4v) is 2.91. The van der Waals surface area contributed by atoms with Crippen LogP contribution in [0.1, 0.15) is 32.4 Å². The second-order valence-corrected chi connectivity index (χ2v) is 6.15. The van der Waals surface area contributed by atoms with Gasteiger partial charge in [0.05, 0.1) is 18.2 Å². The maximum Gasteiger partial charge on any atom is 0.338 e. The van der Waals surface area contributed by atoms with E-state index in [4.69, 9.17) is 17.0 Å². The first-order valence-electron chi connectivity index (χ1n) is 8.45. The Hall–Kier alpha value is -2.61. The molecule has 0 fully saturated rings. The standard InChI is InChI=1S/C18H24N4O3S/c1-5-19-17(24)20-13-9-7-12(8-10-13)15-14(16(23)25-6-2)11(3)22(4)18(26)21-15/h7-10,15H,5-6H2,1-4H3,(H,21,26)(H2,19,20,24). The number of hydrogen-bond acceptors (Lipinski definition) is 4. The third kappa shape index (κ3) is 4.32. The SMILES string of the molecule is CCNC(=O)Nc1ccc(C2NC(=S)N(C)C(C)=C2C(=O)OCC)cc1. The van der Waals surface area contributed by atoms with Crippen LogP contribution < -0.4 is 16.0 Å². The molecule has 1 unspecified atom stereocenters. The van der Waals surface area contributed by atoms with E-state index in [1.807, 2.05) is 26.0 Å². The van der Waals surface area contributed by atoms with Gasteiger partial charge >= 0.3 is 12.0 Å². The Morgan fingerprint density at radius 1 is 1.27 bits per heavy atom. The number of nitrogens with zero attached hydrogens (tertiary/aromatic N) is 1. The molecule has 26 heavy (non-hydrogen) atoms. The lowest BCUT2D eigenvalue weighted by atomic mass is 9.95. The molecule has 8 heteroatoms. The maximum atomic E-state index is 12.5. The number of amides is 2. The maximum absolute atomic E-state index is 12.5. The summed E-state index contributed by atoms with van der Waals surface area (Å²) in [6, 6.07) is 6.59. The minimum atomic E-state index is -0.406. The Kier molecular flexibility index (Phi) is 6.57. The molecular formula is C18H24N4O3S. The second-order valence-electron chi connectivity index (χ2n) is 5.77. The van der Waals surface area contributed by atoms with Gasteiger partial charge in [-0.15, -0.1) is 0 Å². The molecule has 1 aromatic rings. The number of ether oxygens (including phenoxy) is 1. The van der Waals surface area contributed by atoms with Crippen molar-refractivity contribution in [2.45, 2.75) is 26.8 Å². The Bertz CT molecular complexity index is 730. The number of benzene rings is 1. The summed E-state index contributed by atoms with van der Waals surface area (Å²) < 4.78 is 5.22. The third-order valence-corrected chi connectivity index (χ3v) is 4.48. The van der Waals surface area contributed by atoms with Crippen molar-refractivity contribution in [3.05, 3.63) is 41.1 Å². The minimum absolute atomic E-state index is 0.262. The molecule has 2 amide bonds. The quantitative estimate of drug-likeness (QED) is 0.541. The van der Waals surface area contributed by atoms with Gasteiger partial charge in [0, 0.05) is 25.0 Å². The largest absolute Gasteiger partial charge is 0.463 e. The van der Waals surface area contributed by atoms with Crippen LogP contribution in [-0.2, 0) is 9.53 Å². The molecule has 1 atom stereocenters. The van der Waals surface area contributed by atoms with Gasteiger partial charge in [0.25, 0.3) is 0 Å². The molecule has 0 radical (unpaired) electrons. The van der Waals surface area contributed by atoms with Crippen molar-refractivity contribution in [3.63, 3.8) is 0 Å². The van der Waals surface area contributed by atoms with Gasteiger partial charge in [0.2, 0.25) is 0 Å². The van der Waals surface area contributed by atoms with Crippen molar-refractivity contribution >= 4 is 35.0 Å². The fourth-order valence-electron chi connectivity index (χ4n) is 2.65. The number of urea groups is 1. The van der Waals surface area contributed by atoms with Gasteiger partial charge in [-0.05, 0) is 50.7 Å². The average molecular weight is 376 g/mol. The van der Waals surface area contributed by atoms with Crippen LogP contribution in [0.2, 0.25) is 0 Å². The lowest BCUT2D eigenvalue weighted by Crippen LogP contribution is -2.46. The van der Waals surface area contributed by atoms with E-state index >= 15 is 0 Å². The lowest BCUT2D eigenvalue weighted by molar-refractivity contribution is -0.139. The normalized spacial score (nSPS) is 16.8. The zero-order valence-corrected chi connectivity index (χ0v) is 16.2. The fraction of sp³-hybridized carbons (Fsp3) is 0.389. The van der Waals surface area contributed by atoms with Crippen molar-refractivity contribution in [2.75, 3.05) is 25.5 Å². The molecule has 1 aliphatic heterocycles. The molecule has 0 saturated carbocycles. The Balaban J connectivity index is 2.30. The summed E-state index contributed by atoms with van der Waals surface area (Å²) in [6.45, 7) is 6.31. The second kappa shape index (κ2) is 8.66. The van der Waals surface area contributed by atoms with Crippen molar-refractivity contribution in [1.29, 1.82) is 0 Å². The van der Waals surface area contributed by atoms with Crippen LogP contribution >= 0.6 is 12.2 Å². The highest BCUT2D eigenvalue weighted by atomic mass is 32.1. The zero-order valence-electron chi connectivity index (χ0n) is 15.4. The van der Waals surface area contributed by atoms with Gasteiger partial charge in [-0.25, -0.2) is 9.59 Å². The van der Waals surface area contributed by atoms with Gasteiger partial charge in [-0.1, -0.05) is 12.1 Å². The van der Waals surface area contributed by atoms with Crippen LogP contribution in [-0.4, -0.2) is 42.2 Å². The first-order valence-corrected chi connectivity index (χ1v) is 8.86. The van der Waals surface area contributed by atoms with Crippen LogP contribution in [0.4, 0.5) is 10.5 Å². The van der Waals surface area contributed by atoms with Crippen LogP contribution in [0.25, 0.3) is 0 Å².